The van der Waals surface area contributed by atoms with Crippen LogP contribution < -0.4 is 5.32 Å². The first-order valence-electron chi connectivity index (χ1n) is 5.88. The molecule has 0 amide bonds. The van der Waals surface area contributed by atoms with E-state index < -0.39 is 0 Å². The van der Waals surface area contributed by atoms with Gasteiger partial charge in [0.05, 0.1) is 6.61 Å². The van der Waals surface area contributed by atoms with E-state index in [-0.39, 0.29) is 0 Å². The Morgan fingerprint density at radius 2 is 2.06 bits per heavy atom. The van der Waals surface area contributed by atoms with Gasteiger partial charge < -0.3 is 10.1 Å². The van der Waals surface area contributed by atoms with Crippen LogP contribution in [0, 0.1) is 0 Å². The number of thioether (sulfide) groups is 1. The van der Waals surface area contributed by atoms with E-state index in [2.05, 4.69) is 29.6 Å². The summed E-state index contributed by atoms with van der Waals surface area (Å²) in [6, 6.07) is 11.1. The first-order chi connectivity index (χ1) is 7.95. The molecule has 0 saturated carbocycles. The fourth-order valence-electron chi connectivity index (χ4n) is 1.60. The SMILES string of the molecule is c1ccc(COCCCNC2CSC2)cc1. The maximum absolute atomic E-state index is 5.61. The molecule has 1 heterocycles. The molecular weight excluding hydrogens is 218 g/mol. The van der Waals surface area contributed by atoms with Crippen molar-refractivity contribution < 1.29 is 4.74 Å². The van der Waals surface area contributed by atoms with Crippen LogP contribution in [0.1, 0.15) is 12.0 Å². The van der Waals surface area contributed by atoms with Crippen LogP contribution in [0.25, 0.3) is 0 Å². The zero-order valence-corrected chi connectivity index (χ0v) is 10.3. The van der Waals surface area contributed by atoms with E-state index in [1.54, 1.807) is 0 Å². The summed E-state index contributed by atoms with van der Waals surface area (Å²) < 4.78 is 5.61. The summed E-state index contributed by atoms with van der Waals surface area (Å²) in [6.45, 7) is 2.67. The third-order valence-corrected chi connectivity index (χ3v) is 3.92. The van der Waals surface area contributed by atoms with Crippen LogP contribution in [-0.4, -0.2) is 30.7 Å². The van der Waals surface area contributed by atoms with Crippen molar-refractivity contribution in [1.82, 2.24) is 5.32 Å². The predicted molar refractivity (Wildman–Crippen MR) is 69.8 cm³/mol. The monoisotopic (exact) mass is 237 g/mol. The van der Waals surface area contributed by atoms with Crippen LogP contribution >= 0.6 is 11.8 Å². The smallest absolute Gasteiger partial charge is 0.0716 e. The molecule has 0 aliphatic carbocycles. The van der Waals surface area contributed by atoms with Crippen molar-refractivity contribution in [3.8, 4) is 0 Å². The van der Waals surface area contributed by atoms with Gasteiger partial charge in [0.2, 0.25) is 0 Å². The van der Waals surface area contributed by atoms with Crippen molar-refractivity contribution in [1.29, 1.82) is 0 Å². The number of rotatable bonds is 7. The molecule has 0 unspecified atom stereocenters. The van der Waals surface area contributed by atoms with Crippen LogP contribution in [0.4, 0.5) is 0 Å². The Kier molecular flexibility index (Phi) is 5.19. The number of hydrogen-bond acceptors (Lipinski definition) is 3. The second kappa shape index (κ2) is 6.94. The summed E-state index contributed by atoms with van der Waals surface area (Å²) in [6.07, 6.45) is 1.11. The fraction of sp³-hybridized carbons (Fsp3) is 0.538. The summed E-state index contributed by atoms with van der Waals surface area (Å²) in [4.78, 5) is 0. The molecule has 88 valence electrons. The quantitative estimate of drug-likeness (QED) is 0.735. The van der Waals surface area contributed by atoms with Gasteiger partial charge in [-0.1, -0.05) is 30.3 Å². The highest BCUT2D eigenvalue weighted by molar-refractivity contribution is 8.00. The summed E-state index contributed by atoms with van der Waals surface area (Å²) >= 11 is 2.02. The van der Waals surface area contributed by atoms with Gasteiger partial charge in [0, 0.05) is 24.2 Å². The van der Waals surface area contributed by atoms with E-state index in [1.165, 1.54) is 17.1 Å². The highest BCUT2D eigenvalue weighted by Gasteiger charge is 2.15. The molecular formula is C13H19NOS. The highest BCUT2D eigenvalue weighted by atomic mass is 32.2. The maximum Gasteiger partial charge on any atom is 0.0716 e. The van der Waals surface area contributed by atoms with E-state index in [1.807, 2.05) is 17.8 Å². The molecule has 16 heavy (non-hydrogen) atoms. The van der Waals surface area contributed by atoms with Crippen LogP contribution in [-0.2, 0) is 11.3 Å². The lowest BCUT2D eigenvalue weighted by molar-refractivity contribution is 0.118. The lowest BCUT2D eigenvalue weighted by Gasteiger charge is -2.25. The van der Waals surface area contributed by atoms with Gasteiger partial charge >= 0.3 is 0 Å². The van der Waals surface area contributed by atoms with E-state index in [9.17, 15) is 0 Å². The largest absolute Gasteiger partial charge is 0.377 e. The molecule has 1 aromatic rings. The van der Waals surface area contributed by atoms with Crippen LogP contribution in [0.5, 0.6) is 0 Å². The number of hydrogen-bond donors (Lipinski definition) is 1. The second-order valence-electron chi connectivity index (χ2n) is 4.08. The standard InChI is InChI=1S/C13H19NOS/c1-2-5-12(6-3-1)9-15-8-4-7-14-13-10-16-11-13/h1-3,5-6,13-14H,4,7-11H2. The first kappa shape index (κ1) is 12.0. The van der Waals surface area contributed by atoms with Gasteiger partial charge in [-0.2, -0.15) is 11.8 Å². The number of ether oxygens (including phenoxy) is 1. The van der Waals surface area contributed by atoms with Gasteiger partial charge in [-0.25, -0.2) is 0 Å². The van der Waals surface area contributed by atoms with Crippen LogP contribution in [0.3, 0.4) is 0 Å². The Bertz CT molecular complexity index is 287. The molecule has 1 N–H and O–H groups in total. The summed E-state index contributed by atoms with van der Waals surface area (Å²) in [7, 11) is 0. The van der Waals surface area contributed by atoms with Crippen molar-refractivity contribution in [2.24, 2.45) is 0 Å². The van der Waals surface area contributed by atoms with Gasteiger partial charge in [-0.05, 0) is 18.5 Å². The fourth-order valence-corrected chi connectivity index (χ4v) is 2.31. The van der Waals surface area contributed by atoms with Gasteiger partial charge in [-0.3, -0.25) is 0 Å². The van der Waals surface area contributed by atoms with Gasteiger partial charge in [-0.15, -0.1) is 0 Å². The number of benzene rings is 1. The normalized spacial score (nSPS) is 16.0. The summed E-state index contributed by atoms with van der Waals surface area (Å²) in [5, 5.41) is 3.52. The predicted octanol–water partition coefficient (Wildman–Crippen LogP) is 2.30. The molecule has 0 atom stereocenters. The maximum atomic E-state index is 5.61. The van der Waals surface area contributed by atoms with Gasteiger partial charge in [0.15, 0.2) is 0 Å². The third-order valence-electron chi connectivity index (χ3n) is 2.65. The molecule has 0 radical (unpaired) electrons. The summed E-state index contributed by atoms with van der Waals surface area (Å²) in [5.74, 6) is 2.57. The van der Waals surface area contributed by atoms with Gasteiger partial charge in [0.25, 0.3) is 0 Å². The average Bonchev–Trinajstić information content (AvgIpc) is 2.27. The molecule has 0 spiro atoms. The topological polar surface area (TPSA) is 21.3 Å². The zero-order chi connectivity index (χ0) is 11.1. The van der Waals surface area contributed by atoms with E-state index in [0.29, 0.717) is 0 Å². The Balaban J connectivity index is 1.45. The molecule has 1 saturated heterocycles. The van der Waals surface area contributed by atoms with E-state index in [0.717, 1.165) is 32.2 Å². The van der Waals surface area contributed by atoms with Gasteiger partial charge in [0.1, 0.15) is 0 Å². The van der Waals surface area contributed by atoms with Crippen molar-refractivity contribution in [3.63, 3.8) is 0 Å². The van der Waals surface area contributed by atoms with Crippen molar-refractivity contribution in [2.75, 3.05) is 24.7 Å². The molecule has 1 aliphatic rings. The molecule has 3 heteroatoms. The molecule has 1 aliphatic heterocycles. The molecule has 1 fully saturated rings. The number of nitrogens with one attached hydrogen (secondary N) is 1. The van der Waals surface area contributed by atoms with Crippen LogP contribution in [0.2, 0.25) is 0 Å². The van der Waals surface area contributed by atoms with Crippen molar-refractivity contribution in [2.45, 2.75) is 19.1 Å². The third kappa shape index (κ3) is 4.16. The molecule has 0 bridgehead atoms. The Hall–Kier alpha value is -0.510. The average molecular weight is 237 g/mol. The minimum atomic E-state index is 0.736. The van der Waals surface area contributed by atoms with Crippen molar-refractivity contribution in [3.05, 3.63) is 35.9 Å². The Morgan fingerprint density at radius 3 is 2.75 bits per heavy atom. The highest BCUT2D eigenvalue weighted by Crippen LogP contribution is 2.16. The lowest BCUT2D eigenvalue weighted by Crippen LogP contribution is -2.40. The minimum Gasteiger partial charge on any atom is -0.377 e. The minimum absolute atomic E-state index is 0.736. The Labute approximate surface area is 102 Å². The first-order valence-corrected chi connectivity index (χ1v) is 7.03. The zero-order valence-electron chi connectivity index (χ0n) is 9.52. The molecule has 2 rings (SSSR count). The second-order valence-corrected chi connectivity index (χ2v) is 5.16. The molecule has 2 nitrogen and oxygen atoms in total. The van der Waals surface area contributed by atoms with Crippen LogP contribution in [0.15, 0.2) is 30.3 Å². The lowest BCUT2D eigenvalue weighted by atomic mass is 10.2. The van der Waals surface area contributed by atoms with Crippen molar-refractivity contribution >= 4 is 11.8 Å². The summed E-state index contributed by atoms with van der Waals surface area (Å²) in [5.41, 5.74) is 1.26. The van der Waals surface area contributed by atoms with E-state index in [4.69, 9.17) is 4.74 Å². The molecule has 0 aromatic heterocycles. The molecule has 1 aromatic carbocycles. The Morgan fingerprint density at radius 1 is 1.25 bits per heavy atom. The van der Waals surface area contributed by atoms with E-state index >= 15 is 0 Å².